The number of ether oxygens (including phenoxy) is 1. The molecule has 2 aromatic heterocycles. The normalized spacial score (nSPS) is 26.0. The number of fused-ring (bicyclic) bond motifs is 3. The largest absolute Gasteiger partial charge is 0.413 e. The van der Waals surface area contributed by atoms with Crippen LogP contribution in [0, 0.1) is 5.92 Å². The Bertz CT molecular complexity index is 680. The van der Waals surface area contributed by atoms with E-state index in [2.05, 4.69) is 15.2 Å². The minimum atomic E-state index is -0.349. The number of piperidine rings is 3. The first-order valence-electron chi connectivity index (χ1n) is 8.00. The fourth-order valence-corrected chi connectivity index (χ4v) is 4.25. The van der Waals surface area contributed by atoms with Gasteiger partial charge in [0, 0.05) is 18.8 Å². The van der Waals surface area contributed by atoms with E-state index in [-0.39, 0.29) is 12.1 Å². The fourth-order valence-electron chi connectivity index (χ4n) is 3.42. The van der Waals surface area contributed by atoms with Gasteiger partial charge in [0.05, 0.1) is 10.6 Å². The molecule has 1 unspecified atom stereocenters. The summed E-state index contributed by atoms with van der Waals surface area (Å²) >= 11 is 1.44. The number of rotatable bonds is 3. The lowest BCUT2D eigenvalue weighted by Crippen LogP contribution is -2.57. The van der Waals surface area contributed by atoms with Gasteiger partial charge in [0.25, 0.3) is 0 Å². The Morgan fingerprint density at radius 2 is 2.13 bits per heavy atom. The van der Waals surface area contributed by atoms with Crippen LogP contribution in [-0.2, 0) is 0 Å². The van der Waals surface area contributed by atoms with E-state index in [1.54, 1.807) is 6.20 Å². The predicted molar refractivity (Wildman–Crippen MR) is 89.7 cm³/mol. The van der Waals surface area contributed by atoms with E-state index >= 15 is 0 Å². The highest BCUT2D eigenvalue weighted by Gasteiger charge is 2.35. The molecule has 5 rings (SSSR count). The average molecular weight is 329 g/mol. The summed E-state index contributed by atoms with van der Waals surface area (Å²) in [6.07, 6.45) is 3.76. The molecule has 2 aromatic rings. The Balaban J connectivity index is 1.37. The molecule has 2 bridgehead atoms. The van der Waals surface area contributed by atoms with Crippen LogP contribution < -0.4 is 10.1 Å². The van der Waals surface area contributed by atoms with E-state index in [0.29, 0.717) is 11.0 Å². The number of thiophene rings is 1. The van der Waals surface area contributed by atoms with Crippen molar-refractivity contribution in [3.8, 4) is 15.6 Å². The number of hydrogen-bond acceptors (Lipinski definition) is 5. The summed E-state index contributed by atoms with van der Waals surface area (Å²) < 4.78 is 5.45. The quantitative estimate of drug-likeness (QED) is 0.940. The van der Waals surface area contributed by atoms with Gasteiger partial charge in [-0.05, 0) is 56.1 Å². The van der Waals surface area contributed by atoms with Gasteiger partial charge in [-0.2, -0.15) is 0 Å². The fraction of sp³-hybridized carbons (Fsp3) is 0.412. The maximum atomic E-state index is 12.1. The first-order valence-corrected chi connectivity index (χ1v) is 8.81. The number of carbonyl (C=O) groups is 1. The zero-order valence-electron chi connectivity index (χ0n) is 12.8. The van der Waals surface area contributed by atoms with Crippen molar-refractivity contribution in [2.24, 2.45) is 5.92 Å². The van der Waals surface area contributed by atoms with Crippen molar-refractivity contribution in [1.29, 1.82) is 0 Å². The molecule has 5 nitrogen and oxygen atoms in total. The lowest BCUT2D eigenvalue weighted by Gasteiger charge is -2.44. The number of carbonyl (C=O) groups excluding carboxylic acids is 1. The number of nitrogens with zero attached hydrogens (tertiary/aromatic N) is 2. The molecular formula is C17H19N3O2S. The number of nitrogens with one attached hydrogen (secondary N) is 1. The van der Waals surface area contributed by atoms with Gasteiger partial charge in [-0.3, -0.25) is 4.98 Å². The molecule has 0 saturated carbocycles. The van der Waals surface area contributed by atoms with E-state index in [1.807, 2.05) is 30.3 Å². The van der Waals surface area contributed by atoms with Gasteiger partial charge in [-0.15, -0.1) is 0 Å². The van der Waals surface area contributed by atoms with Crippen LogP contribution in [0.1, 0.15) is 12.8 Å². The standard InChI is InChI=1S/C17H19N3O2S/c21-17(19-14-11-20-9-6-12(14)7-10-20)22-16-5-4-15(23-16)13-3-1-2-8-18-13/h1-5,8,12,14H,6-7,9-11H2,(H,19,21). The van der Waals surface area contributed by atoms with E-state index < -0.39 is 0 Å². The Labute approximate surface area is 139 Å². The molecule has 6 heteroatoms. The van der Waals surface area contributed by atoms with E-state index in [1.165, 1.54) is 24.2 Å². The highest BCUT2D eigenvalue weighted by molar-refractivity contribution is 7.17. The predicted octanol–water partition coefficient (Wildman–Crippen LogP) is 2.99. The summed E-state index contributed by atoms with van der Waals surface area (Å²) in [5.41, 5.74) is 0.894. The molecule has 1 amide bonds. The van der Waals surface area contributed by atoms with Crippen LogP contribution in [0.15, 0.2) is 36.5 Å². The van der Waals surface area contributed by atoms with Crippen molar-refractivity contribution in [3.05, 3.63) is 36.5 Å². The Kier molecular flexibility index (Phi) is 4.01. The molecule has 0 radical (unpaired) electrons. The van der Waals surface area contributed by atoms with Gasteiger partial charge >= 0.3 is 6.09 Å². The third-order valence-corrected chi connectivity index (χ3v) is 5.64. The summed E-state index contributed by atoms with van der Waals surface area (Å²) in [6, 6.07) is 9.76. The zero-order valence-corrected chi connectivity index (χ0v) is 13.6. The van der Waals surface area contributed by atoms with Crippen LogP contribution in [0.5, 0.6) is 5.06 Å². The van der Waals surface area contributed by atoms with Crippen LogP contribution in [0.25, 0.3) is 10.6 Å². The first-order chi connectivity index (χ1) is 11.3. The highest BCUT2D eigenvalue weighted by Crippen LogP contribution is 2.32. The maximum absolute atomic E-state index is 12.1. The van der Waals surface area contributed by atoms with Crippen LogP contribution >= 0.6 is 11.3 Å². The minimum Gasteiger partial charge on any atom is -0.399 e. The monoisotopic (exact) mass is 329 g/mol. The van der Waals surface area contributed by atoms with E-state index in [9.17, 15) is 4.79 Å². The number of hydrogen-bond donors (Lipinski definition) is 1. The number of aromatic nitrogens is 1. The topological polar surface area (TPSA) is 54.5 Å². The molecular weight excluding hydrogens is 310 g/mol. The SMILES string of the molecule is O=C(NC1CN2CCC1CC2)Oc1ccc(-c2ccccn2)s1. The lowest BCUT2D eigenvalue weighted by molar-refractivity contribution is 0.0726. The second-order valence-electron chi connectivity index (χ2n) is 6.11. The van der Waals surface area contributed by atoms with Crippen LogP contribution in [0.4, 0.5) is 4.79 Å². The summed E-state index contributed by atoms with van der Waals surface area (Å²) in [7, 11) is 0. The Hall–Kier alpha value is -1.92. The molecule has 120 valence electrons. The maximum Gasteiger partial charge on any atom is 0.413 e. The summed E-state index contributed by atoms with van der Waals surface area (Å²) in [4.78, 5) is 19.9. The number of pyridine rings is 1. The van der Waals surface area contributed by atoms with Gasteiger partial charge in [-0.25, -0.2) is 4.79 Å². The molecule has 0 aromatic carbocycles. The second kappa shape index (κ2) is 6.29. The molecule has 0 spiro atoms. The molecule has 3 saturated heterocycles. The lowest BCUT2D eigenvalue weighted by atomic mass is 9.84. The Morgan fingerprint density at radius 1 is 1.26 bits per heavy atom. The molecule has 3 fully saturated rings. The van der Waals surface area contributed by atoms with E-state index in [0.717, 1.165) is 30.2 Å². The highest BCUT2D eigenvalue weighted by atomic mass is 32.1. The molecule has 1 N–H and O–H groups in total. The third kappa shape index (κ3) is 3.23. The summed E-state index contributed by atoms with van der Waals surface area (Å²) in [6.45, 7) is 3.27. The average Bonchev–Trinajstić information content (AvgIpc) is 3.05. The van der Waals surface area contributed by atoms with Crippen molar-refractivity contribution in [2.75, 3.05) is 19.6 Å². The molecule has 5 heterocycles. The molecule has 3 aliphatic heterocycles. The number of amides is 1. The molecule has 23 heavy (non-hydrogen) atoms. The van der Waals surface area contributed by atoms with Crippen molar-refractivity contribution < 1.29 is 9.53 Å². The first kappa shape index (κ1) is 14.7. The van der Waals surface area contributed by atoms with Crippen LogP contribution in [0.2, 0.25) is 0 Å². The summed E-state index contributed by atoms with van der Waals surface area (Å²) in [5, 5.41) is 3.64. The van der Waals surface area contributed by atoms with Crippen molar-refractivity contribution >= 4 is 17.4 Å². The van der Waals surface area contributed by atoms with Gasteiger partial charge in [0.1, 0.15) is 0 Å². The smallest absolute Gasteiger partial charge is 0.399 e. The Morgan fingerprint density at radius 3 is 2.83 bits per heavy atom. The minimum absolute atomic E-state index is 0.222. The molecule has 3 aliphatic rings. The van der Waals surface area contributed by atoms with Gasteiger partial charge in [0.2, 0.25) is 0 Å². The van der Waals surface area contributed by atoms with Gasteiger partial charge in [-0.1, -0.05) is 17.4 Å². The molecule has 1 atom stereocenters. The zero-order chi connectivity index (χ0) is 15.6. The van der Waals surface area contributed by atoms with E-state index in [4.69, 9.17) is 4.74 Å². The van der Waals surface area contributed by atoms with Crippen molar-refractivity contribution in [3.63, 3.8) is 0 Å². The van der Waals surface area contributed by atoms with Crippen molar-refractivity contribution in [1.82, 2.24) is 15.2 Å². The van der Waals surface area contributed by atoms with Crippen LogP contribution in [0.3, 0.4) is 0 Å². The van der Waals surface area contributed by atoms with Gasteiger partial charge in [0.15, 0.2) is 5.06 Å². The summed E-state index contributed by atoms with van der Waals surface area (Å²) in [5.74, 6) is 0.597. The van der Waals surface area contributed by atoms with Gasteiger partial charge < -0.3 is 15.0 Å². The molecule has 0 aliphatic carbocycles. The third-order valence-electron chi connectivity index (χ3n) is 4.65. The van der Waals surface area contributed by atoms with Crippen molar-refractivity contribution in [2.45, 2.75) is 18.9 Å². The van der Waals surface area contributed by atoms with Crippen LogP contribution in [-0.4, -0.2) is 41.7 Å². The second-order valence-corrected chi connectivity index (χ2v) is 7.16.